The molecule has 1 saturated carbocycles. The van der Waals surface area contributed by atoms with E-state index in [2.05, 4.69) is 14.1 Å². The van der Waals surface area contributed by atoms with E-state index < -0.39 is 0 Å². The second kappa shape index (κ2) is 7.46. The Labute approximate surface area is 127 Å². The smallest absolute Gasteiger partial charge is 0.338 e. The van der Waals surface area contributed by atoms with Gasteiger partial charge in [0.2, 0.25) is 0 Å². The Morgan fingerprint density at radius 1 is 1.19 bits per heavy atom. The molecule has 0 aliphatic heterocycles. The minimum Gasteiger partial charge on any atom is -0.497 e. The van der Waals surface area contributed by atoms with E-state index in [1.165, 1.54) is 11.3 Å². The Kier molecular flexibility index (Phi) is 5.62. The van der Waals surface area contributed by atoms with E-state index in [0.29, 0.717) is 11.5 Å². The number of esters is 1. The number of methoxy groups -OCH3 is 1. The number of benzene rings is 1. The summed E-state index contributed by atoms with van der Waals surface area (Å²) in [6.07, 6.45) is 4.60. The number of ether oxygens (including phenoxy) is 2. The lowest BCUT2D eigenvalue weighted by Crippen LogP contribution is -3.06. The second-order valence-corrected chi connectivity index (χ2v) is 6.13. The third-order valence-corrected chi connectivity index (χ3v) is 4.09. The fraction of sp³-hybridized carbons (Fsp3) is 0.588. The first-order valence-electron chi connectivity index (χ1n) is 7.74. The maximum Gasteiger partial charge on any atom is 0.338 e. The molecular weight excluding hydrogens is 266 g/mol. The third-order valence-electron chi connectivity index (χ3n) is 4.09. The van der Waals surface area contributed by atoms with Crippen LogP contribution in [-0.4, -0.2) is 39.8 Å². The molecule has 1 aromatic carbocycles. The zero-order valence-electron chi connectivity index (χ0n) is 13.2. The molecule has 0 amide bonds. The SMILES string of the molecule is COc1ccc(C(=O)O[C@@H]2CCCC[C@@H]2C[NH+](C)C)cc1. The summed E-state index contributed by atoms with van der Waals surface area (Å²) in [6, 6.07) is 7.10. The predicted octanol–water partition coefficient (Wildman–Crippen LogP) is 1.56. The molecule has 0 unspecified atom stereocenters. The molecule has 0 bridgehead atoms. The molecule has 1 aromatic rings. The highest BCUT2D eigenvalue weighted by Crippen LogP contribution is 2.27. The van der Waals surface area contributed by atoms with Crippen molar-refractivity contribution in [3.8, 4) is 5.75 Å². The molecule has 0 radical (unpaired) electrons. The average molecular weight is 292 g/mol. The van der Waals surface area contributed by atoms with Crippen LogP contribution < -0.4 is 9.64 Å². The minimum atomic E-state index is -0.219. The maximum absolute atomic E-state index is 12.3. The van der Waals surface area contributed by atoms with Crippen LogP contribution in [0.4, 0.5) is 0 Å². The summed E-state index contributed by atoms with van der Waals surface area (Å²) in [5.41, 5.74) is 0.595. The number of quaternary nitrogens is 1. The molecule has 1 aliphatic carbocycles. The monoisotopic (exact) mass is 292 g/mol. The largest absolute Gasteiger partial charge is 0.497 e. The standard InChI is InChI=1S/C17H25NO3/c1-18(2)12-14-6-4-5-7-16(14)21-17(19)13-8-10-15(20-3)11-9-13/h8-11,14,16H,4-7,12H2,1-3H3/p+1/t14-,16-/m1/s1. The molecular formula is C17H26NO3+. The first kappa shape index (κ1) is 15.8. The normalized spacial score (nSPS) is 22.1. The summed E-state index contributed by atoms with van der Waals surface area (Å²) < 4.78 is 10.9. The van der Waals surface area contributed by atoms with Gasteiger partial charge >= 0.3 is 5.97 Å². The van der Waals surface area contributed by atoms with E-state index in [0.717, 1.165) is 31.6 Å². The summed E-state index contributed by atoms with van der Waals surface area (Å²) in [5, 5.41) is 0. The third kappa shape index (κ3) is 4.46. The van der Waals surface area contributed by atoms with Crippen LogP contribution in [0, 0.1) is 5.92 Å². The van der Waals surface area contributed by atoms with Gasteiger partial charge in [-0.3, -0.25) is 0 Å². The number of hydrogen-bond acceptors (Lipinski definition) is 3. The van der Waals surface area contributed by atoms with Gasteiger partial charge in [0, 0.05) is 5.92 Å². The van der Waals surface area contributed by atoms with E-state index in [1.807, 2.05) is 0 Å². The average Bonchev–Trinajstić information content (AvgIpc) is 2.49. The Morgan fingerprint density at radius 2 is 1.86 bits per heavy atom. The predicted molar refractivity (Wildman–Crippen MR) is 81.8 cm³/mol. The van der Waals surface area contributed by atoms with Gasteiger partial charge in [0.15, 0.2) is 0 Å². The van der Waals surface area contributed by atoms with E-state index >= 15 is 0 Å². The molecule has 2 rings (SSSR count). The Hall–Kier alpha value is -1.55. The van der Waals surface area contributed by atoms with E-state index in [9.17, 15) is 4.79 Å². The van der Waals surface area contributed by atoms with Crippen molar-refractivity contribution in [1.29, 1.82) is 0 Å². The van der Waals surface area contributed by atoms with Gasteiger partial charge in [-0.15, -0.1) is 0 Å². The summed E-state index contributed by atoms with van der Waals surface area (Å²) in [6.45, 7) is 1.06. The van der Waals surface area contributed by atoms with Crippen molar-refractivity contribution >= 4 is 5.97 Å². The summed E-state index contributed by atoms with van der Waals surface area (Å²) >= 11 is 0. The molecule has 2 atom stereocenters. The first-order chi connectivity index (χ1) is 10.1. The highest BCUT2D eigenvalue weighted by Gasteiger charge is 2.30. The van der Waals surface area contributed by atoms with Crippen molar-refractivity contribution in [1.82, 2.24) is 0 Å². The molecule has 0 aromatic heterocycles. The zero-order chi connectivity index (χ0) is 15.2. The van der Waals surface area contributed by atoms with Gasteiger partial charge < -0.3 is 14.4 Å². The van der Waals surface area contributed by atoms with Crippen molar-refractivity contribution in [2.45, 2.75) is 31.8 Å². The van der Waals surface area contributed by atoms with Crippen LogP contribution in [0.15, 0.2) is 24.3 Å². The van der Waals surface area contributed by atoms with Crippen LogP contribution in [0.25, 0.3) is 0 Å². The number of carbonyl (C=O) groups excluding carboxylic acids is 1. The molecule has 4 heteroatoms. The molecule has 0 spiro atoms. The summed E-state index contributed by atoms with van der Waals surface area (Å²) in [5.74, 6) is 1.01. The zero-order valence-corrected chi connectivity index (χ0v) is 13.2. The number of carbonyl (C=O) groups is 1. The fourth-order valence-corrected chi connectivity index (χ4v) is 3.02. The van der Waals surface area contributed by atoms with Crippen LogP contribution in [0.2, 0.25) is 0 Å². The topological polar surface area (TPSA) is 40.0 Å². The second-order valence-electron chi connectivity index (χ2n) is 6.13. The molecule has 1 N–H and O–H groups in total. The van der Waals surface area contributed by atoms with Crippen molar-refractivity contribution in [3.63, 3.8) is 0 Å². The Bertz CT molecular complexity index is 456. The van der Waals surface area contributed by atoms with Gasteiger partial charge in [-0.05, 0) is 43.5 Å². The van der Waals surface area contributed by atoms with Crippen molar-refractivity contribution in [2.75, 3.05) is 27.7 Å². The van der Waals surface area contributed by atoms with Gasteiger partial charge in [0.25, 0.3) is 0 Å². The van der Waals surface area contributed by atoms with Crippen LogP contribution in [0.1, 0.15) is 36.0 Å². The maximum atomic E-state index is 12.3. The Morgan fingerprint density at radius 3 is 2.48 bits per heavy atom. The van der Waals surface area contributed by atoms with Crippen molar-refractivity contribution in [3.05, 3.63) is 29.8 Å². The molecule has 0 heterocycles. The number of hydrogen-bond donors (Lipinski definition) is 1. The fourth-order valence-electron chi connectivity index (χ4n) is 3.02. The summed E-state index contributed by atoms with van der Waals surface area (Å²) in [4.78, 5) is 13.7. The van der Waals surface area contributed by atoms with Gasteiger partial charge in [-0.1, -0.05) is 6.42 Å². The van der Waals surface area contributed by atoms with E-state index in [1.54, 1.807) is 31.4 Å². The van der Waals surface area contributed by atoms with Crippen molar-refractivity contribution < 1.29 is 19.2 Å². The van der Waals surface area contributed by atoms with Gasteiger partial charge in [-0.25, -0.2) is 4.79 Å². The molecule has 0 saturated heterocycles. The van der Waals surface area contributed by atoms with Crippen LogP contribution >= 0.6 is 0 Å². The molecule has 1 fully saturated rings. The quantitative estimate of drug-likeness (QED) is 0.837. The van der Waals surface area contributed by atoms with Crippen LogP contribution in [0.5, 0.6) is 5.75 Å². The Balaban J connectivity index is 1.98. The van der Waals surface area contributed by atoms with Gasteiger partial charge in [0.05, 0.1) is 33.3 Å². The van der Waals surface area contributed by atoms with Crippen LogP contribution in [-0.2, 0) is 4.74 Å². The van der Waals surface area contributed by atoms with Gasteiger partial charge in [-0.2, -0.15) is 0 Å². The van der Waals surface area contributed by atoms with Gasteiger partial charge in [0.1, 0.15) is 11.9 Å². The van der Waals surface area contributed by atoms with Crippen LogP contribution in [0.3, 0.4) is 0 Å². The summed E-state index contributed by atoms with van der Waals surface area (Å²) in [7, 11) is 5.91. The highest BCUT2D eigenvalue weighted by atomic mass is 16.5. The van der Waals surface area contributed by atoms with E-state index in [4.69, 9.17) is 9.47 Å². The number of rotatable bonds is 5. The lowest BCUT2D eigenvalue weighted by atomic mass is 9.86. The lowest BCUT2D eigenvalue weighted by molar-refractivity contribution is -0.862. The first-order valence-corrected chi connectivity index (χ1v) is 7.74. The van der Waals surface area contributed by atoms with E-state index in [-0.39, 0.29) is 12.1 Å². The lowest BCUT2D eigenvalue weighted by Gasteiger charge is -2.31. The molecule has 116 valence electrons. The minimum absolute atomic E-state index is 0.0586. The molecule has 4 nitrogen and oxygen atoms in total. The molecule has 21 heavy (non-hydrogen) atoms. The molecule has 1 aliphatic rings. The number of nitrogens with one attached hydrogen (secondary N) is 1. The van der Waals surface area contributed by atoms with Crippen molar-refractivity contribution in [2.24, 2.45) is 5.92 Å². The highest BCUT2D eigenvalue weighted by molar-refractivity contribution is 5.89.